The molecule has 6 heteroatoms. The summed E-state index contributed by atoms with van der Waals surface area (Å²) in [6.45, 7) is 5.17. The summed E-state index contributed by atoms with van der Waals surface area (Å²) < 4.78 is 28.4. The lowest BCUT2D eigenvalue weighted by molar-refractivity contribution is -0.143. The first-order chi connectivity index (χ1) is 9.51. The Bertz CT molecular complexity index is 450. The zero-order chi connectivity index (χ0) is 15.0. The van der Waals surface area contributed by atoms with Crippen LogP contribution in [-0.4, -0.2) is 25.0 Å². The van der Waals surface area contributed by atoms with Crippen molar-refractivity contribution in [3.8, 4) is 0 Å². The Kier molecular flexibility index (Phi) is 6.93. The number of esters is 1. The SMILES string of the molecule is CCOP(=O)(OCC)[C@H](Cc1ccccc1)OC(C)=O. The Morgan fingerprint density at radius 3 is 2.15 bits per heavy atom. The molecule has 0 aliphatic carbocycles. The summed E-state index contributed by atoms with van der Waals surface area (Å²) in [6.07, 6.45) is 0.289. The molecule has 112 valence electrons. The Morgan fingerprint density at radius 2 is 1.70 bits per heavy atom. The molecule has 0 radical (unpaired) electrons. The van der Waals surface area contributed by atoms with Gasteiger partial charge in [-0.25, -0.2) is 0 Å². The molecule has 0 heterocycles. The number of benzene rings is 1. The Balaban J connectivity index is 2.97. The fraction of sp³-hybridized carbons (Fsp3) is 0.500. The van der Waals surface area contributed by atoms with Gasteiger partial charge >= 0.3 is 13.6 Å². The summed E-state index contributed by atoms with van der Waals surface area (Å²) >= 11 is 0. The van der Waals surface area contributed by atoms with Crippen molar-refractivity contribution in [3.63, 3.8) is 0 Å². The van der Waals surface area contributed by atoms with Crippen LogP contribution in [0.25, 0.3) is 0 Å². The predicted octanol–water partition coefficient (Wildman–Crippen LogP) is 3.38. The van der Waals surface area contributed by atoms with Gasteiger partial charge in [0.05, 0.1) is 13.2 Å². The summed E-state index contributed by atoms with van der Waals surface area (Å²) in [5, 5.41) is 0. The summed E-state index contributed by atoms with van der Waals surface area (Å²) in [6, 6.07) is 9.37. The second-order valence-electron chi connectivity index (χ2n) is 4.13. The first-order valence-corrected chi connectivity index (χ1v) is 8.23. The molecule has 0 aliphatic heterocycles. The average molecular weight is 300 g/mol. The van der Waals surface area contributed by atoms with Crippen molar-refractivity contribution in [2.75, 3.05) is 13.2 Å². The maximum Gasteiger partial charge on any atom is 0.371 e. The van der Waals surface area contributed by atoms with Crippen molar-refractivity contribution in [2.45, 2.75) is 33.0 Å². The lowest BCUT2D eigenvalue weighted by Crippen LogP contribution is -2.22. The summed E-state index contributed by atoms with van der Waals surface area (Å²) in [7, 11) is -3.49. The fourth-order valence-electron chi connectivity index (χ4n) is 1.79. The highest BCUT2D eigenvalue weighted by Gasteiger charge is 2.38. The standard InChI is InChI=1S/C14H21O5P/c1-4-17-20(16,18-5-2)14(19-12(3)15)11-13-9-7-6-8-10-13/h6-10,14H,4-5,11H2,1-3H3/t14-/m1/s1. The molecule has 0 aliphatic rings. The third-order valence-corrected chi connectivity index (χ3v) is 4.76. The van der Waals surface area contributed by atoms with Gasteiger partial charge in [-0.05, 0) is 19.4 Å². The summed E-state index contributed by atoms with van der Waals surface area (Å²) in [5.41, 5.74) is 0.901. The molecule has 0 N–H and O–H groups in total. The topological polar surface area (TPSA) is 61.8 Å². The number of carbonyl (C=O) groups is 1. The minimum atomic E-state index is -3.49. The van der Waals surface area contributed by atoms with Crippen molar-refractivity contribution in [1.29, 1.82) is 0 Å². The predicted molar refractivity (Wildman–Crippen MR) is 76.6 cm³/mol. The van der Waals surface area contributed by atoms with Gasteiger partial charge in [-0.2, -0.15) is 0 Å². The van der Waals surface area contributed by atoms with Gasteiger partial charge in [0.15, 0.2) is 0 Å². The van der Waals surface area contributed by atoms with E-state index >= 15 is 0 Å². The molecule has 1 rings (SSSR count). The van der Waals surface area contributed by atoms with Gasteiger partial charge in [-0.15, -0.1) is 0 Å². The van der Waals surface area contributed by atoms with E-state index in [1.807, 2.05) is 30.3 Å². The van der Waals surface area contributed by atoms with Crippen LogP contribution in [-0.2, 0) is 29.6 Å². The minimum Gasteiger partial charge on any atom is -0.449 e. The third-order valence-electron chi connectivity index (χ3n) is 2.53. The highest BCUT2D eigenvalue weighted by molar-refractivity contribution is 7.54. The molecular weight excluding hydrogens is 279 g/mol. The van der Waals surface area contributed by atoms with Gasteiger partial charge in [0.25, 0.3) is 0 Å². The minimum absolute atomic E-state index is 0.226. The van der Waals surface area contributed by atoms with E-state index in [1.165, 1.54) is 6.92 Å². The normalized spacial score (nSPS) is 12.9. The maximum absolute atomic E-state index is 12.7. The molecule has 0 unspecified atom stereocenters. The smallest absolute Gasteiger partial charge is 0.371 e. The second kappa shape index (κ2) is 8.20. The zero-order valence-electron chi connectivity index (χ0n) is 12.1. The van der Waals surface area contributed by atoms with Crippen LogP contribution < -0.4 is 0 Å². The van der Waals surface area contributed by atoms with Gasteiger partial charge in [0.2, 0.25) is 5.85 Å². The molecule has 1 aromatic carbocycles. The van der Waals surface area contributed by atoms with Crippen LogP contribution in [0.1, 0.15) is 26.3 Å². The zero-order valence-corrected chi connectivity index (χ0v) is 13.0. The first kappa shape index (κ1) is 16.9. The molecule has 5 nitrogen and oxygen atoms in total. The number of ether oxygens (including phenoxy) is 1. The van der Waals surface area contributed by atoms with Gasteiger partial charge in [0.1, 0.15) is 0 Å². The van der Waals surface area contributed by atoms with E-state index < -0.39 is 19.4 Å². The molecule has 0 fully saturated rings. The van der Waals surface area contributed by atoms with Crippen molar-refractivity contribution < 1.29 is 23.1 Å². The van der Waals surface area contributed by atoms with E-state index in [4.69, 9.17) is 13.8 Å². The van der Waals surface area contributed by atoms with Crippen molar-refractivity contribution in [1.82, 2.24) is 0 Å². The monoisotopic (exact) mass is 300 g/mol. The molecule has 1 aromatic rings. The molecule has 0 aromatic heterocycles. The van der Waals surface area contributed by atoms with Crippen LogP contribution in [0.2, 0.25) is 0 Å². The lowest BCUT2D eigenvalue weighted by Gasteiger charge is -2.25. The Hall–Kier alpha value is -1.16. The van der Waals surface area contributed by atoms with Crippen LogP contribution in [0.15, 0.2) is 30.3 Å². The molecular formula is C14H21O5P. The highest BCUT2D eigenvalue weighted by Crippen LogP contribution is 2.54. The Morgan fingerprint density at radius 1 is 1.15 bits per heavy atom. The summed E-state index contributed by atoms with van der Waals surface area (Å²) in [4.78, 5) is 11.2. The number of rotatable bonds is 8. The van der Waals surface area contributed by atoms with E-state index in [-0.39, 0.29) is 19.6 Å². The summed E-state index contributed by atoms with van der Waals surface area (Å²) in [5.74, 6) is -1.44. The van der Waals surface area contributed by atoms with Gasteiger partial charge in [0, 0.05) is 13.3 Å². The highest BCUT2D eigenvalue weighted by atomic mass is 31.2. The molecule has 0 saturated carbocycles. The Labute approximate surface area is 119 Å². The quantitative estimate of drug-likeness (QED) is 0.544. The largest absolute Gasteiger partial charge is 0.449 e. The van der Waals surface area contributed by atoms with E-state index in [0.29, 0.717) is 0 Å². The molecule has 0 saturated heterocycles. The van der Waals surface area contributed by atoms with Crippen molar-refractivity contribution in [2.24, 2.45) is 0 Å². The van der Waals surface area contributed by atoms with E-state index in [1.54, 1.807) is 13.8 Å². The maximum atomic E-state index is 12.7. The molecule has 20 heavy (non-hydrogen) atoms. The van der Waals surface area contributed by atoms with Gasteiger partial charge < -0.3 is 13.8 Å². The van der Waals surface area contributed by atoms with Crippen LogP contribution in [0.3, 0.4) is 0 Å². The molecule has 0 bridgehead atoms. The second-order valence-corrected chi connectivity index (χ2v) is 6.30. The van der Waals surface area contributed by atoms with E-state index in [2.05, 4.69) is 0 Å². The average Bonchev–Trinajstić information content (AvgIpc) is 2.39. The third kappa shape index (κ3) is 5.08. The van der Waals surface area contributed by atoms with Crippen molar-refractivity contribution >= 4 is 13.6 Å². The number of carbonyl (C=O) groups excluding carboxylic acids is 1. The molecule has 0 spiro atoms. The van der Waals surface area contributed by atoms with Crippen LogP contribution in [0, 0.1) is 0 Å². The fourth-order valence-corrected chi connectivity index (χ4v) is 3.63. The van der Waals surface area contributed by atoms with Crippen LogP contribution in [0.5, 0.6) is 0 Å². The first-order valence-electron chi connectivity index (χ1n) is 6.61. The molecule has 1 atom stereocenters. The van der Waals surface area contributed by atoms with E-state index in [9.17, 15) is 9.36 Å². The molecule has 0 amide bonds. The van der Waals surface area contributed by atoms with Crippen LogP contribution >= 0.6 is 7.60 Å². The van der Waals surface area contributed by atoms with Gasteiger partial charge in [-0.3, -0.25) is 9.36 Å². The van der Waals surface area contributed by atoms with Gasteiger partial charge in [-0.1, -0.05) is 30.3 Å². The van der Waals surface area contributed by atoms with Crippen molar-refractivity contribution in [3.05, 3.63) is 35.9 Å². The number of hydrogen-bond donors (Lipinski definition) is 0. The van der Waals surface area contributed by atoms with Crippen LogP contribution in [0.4, 0.5) is 0 Å². The lowest BCUT2D eigenvalue weighted by atomic mass is 10.2. The number of hydrogen-bond acceptors (Lipinski definition) is 5. The van der Waals surface area contributed by atoms with E-state index in [0.717, 1.165) is 5.56 Å².